The maximum Gasteiger partial charge on any atom is 0.257 e. The highest BCUT2D eigenvalue weighted by atomic mass is 32.1. The number of nitrogens with one attached hydrogen (secondary N) is 2. The second-order valence-electron chi connectivity index (χ2n) is 4.28. The van der Waals surface area contributed by atoms with E-state index in [2.05, 4.69) is 10.6 Å². The van der Waals surface area contributed by atoms with Gasteiger partial charge in [-0.1, -0.05) is 18.2 Å². The lowest BCUT2D eigenvalue weighted by Gasteiger charge is -2.10. The molecule has 0 aliphatic heterocycles. The highest BCUT2D eigenvalue weighted by Gasteiger charge is 2.08. The van der Waals surface area contributed by atoms with E-state index in [4.69, 9.17) is 12.2 Å². The third-order valence-electron chi connectivity index (χ3n) is 2.69. The van der Waals surface area contributed by atoms with Crippen LogP contribution in [0.3, 0.4) is 0 Å². The standard InChI is InChI=1S/C15H11FN2O3S/c16-11-3-1-2-10(8-11)13(19)18-15(22)17-12-6-4-9(5-7-12)14(20)21/h1-8H,(H,20,21)(H2,17,18,19,22)/p-1. The second-order valence-corrected chi connectivity index (χ2v) is 4.69. The maximum atomic E-state index is 13.0. The number of aromatic carboxylic acids is 1. The van der Waals surface area contributed by atoms with E-state index in [-0.39, 0.29) is 16.2 Å². The summed E-state index contributed by atoms with van der Waals surface area (Å²) in [5.74, 6) is -2.36. The number of carboxylic acids is 1. The zero-order valence-corrected chi connectivity index (χ0v) is 11.9. The predicted octanol–water partition coefficient (Wildman–Crippen LogP) is 1.32. The molecule has 2 N–H and O–H groups in total. The number of halogens is 1. The third kappa shape index (κ3) is 4.10. The average Bonchev–Trinajstić information content (AvgIpc) is 2.47. The maximum absolute atomic E-state index is 13.0. The summed E-state index contributed by atoms with van der Waals surface area (Å²) in [7, 11) is 0. The fourth-order valence-corrected chi connectivity index (χ4v) is 1.87. The zero-order chi connectivity index (χ0) is 16.1. The van der Waals surface area contributed by atoms with Gasteiger partial charge in [-0.3, -0.25) is 10.1 Å². The van der Waals surface area contributed by atoms with Crippen molar-refractivity contribution in [3.8, 4) is 0 Å². The molecular formula is C15H10FN2O3S-. The van der Waals surface area contributed by atoms with Crippen molar-refractivity contribution in [1.82, 2.24) is 5.32 Å². The minimum atomic E-state index is -1.28. The van der Waals surface area contributed by atoms with Gasteiger partial charge in [0.25, 0.3) is 5.91 Å². The number of amides is 1. The van der Waals surface area contributed by atoms with Gasteiger partial charge in [0.15, 0.2) is 5.11 Å². The lowest BCUT2D eigenvalue weighted by atomic mass is 10.2. The molecule has 0 radical (unpaired) electrons. The summed E-state index contributed by atoms with van der Waals surface area (Å²) in [6.07, 6.45) is 0. The van der Waals surface area contributed by atoms with Crippen LogP contribution in [0.1, 0.15) is 20.7 Å². The molecule has 0 fully saturated rings. The number of hydrogen-bond donors (Lipinski definition) is 2. The Labute approximate surface area is 130 Å². The quantitative estimate of drug-likeness (QED) is 0.835. The Morgan fingerprint density at radius 2 is 1.73 bits per heavy atom. The van der Waals surface area contributed by atoms with Crippen LogP contribution in [0.15, 0.2) is 48.5 Å². The largest absolute Gasteiger partial charge is 0.545 e. The van der Waals surface area contributed by atoms with E-state index in [1.807, 2.05) is 0 Å². The van der Waals surface area contributed by atoms with Crippen molar-refractivity contribution in [2.75, 3.05) is 5.32 Å². The highest BCUT2D eigenvalue weighted by molar-refractivity contribution is 7.80. The van der Waals surface area contributed by atoms with Crippen molar-refractivity contribution in [1.29, 1.82) is 0 Å². The molecule has 0 heterocycles. The molecule has 22 heavy (non-hydrogen) atoms. The van der Waals surface area contributed by atoms with Gasteiger partial charge in [-0.2, -0.15) is 0 Å². The van der Waals surface area contributed by atoms with E-state index in [0.717, 1.165) is 6.07 Å². The minimum Gasteiger partial charge on any atom is -0.545 e. The number of carbonyl (C=O) groups excluding carboxylic acids is 2. The third-order valence-corrected chi connectivity index (χ3v) is 2.90. The van der Waals surface area contributed by atoms with Gasteiger partial charge in [0.1, 0.15) is 5.82 Å². The second kappa shape index (κ2) is 6.77. The van der Waals surface area contributed by atoms with Crippen LogP contribution >= 0.6 is 12.2 Å². The zero-order valence-electron chi connectivity index (χ0n) is 11.1. The Balaban J connectivity index is 1.98. The Bertz CT molecular complexity index is 732. The van der Waals surface area contributed by atoms with Gasteiger partial charge in [0.05, 0.1) is 5.97 Å². The van der Waals surface area contributed by atoms with Crippen LogP contribution in [0.2, 0.25) is 0 Å². The molecule has 0 aliphatic rings. The molecule has 5 nitrogen and oxygen atoms in total. The fraction of sp³-hybridized carbons (Fsp3) is 0. The molecule has 2 aromatic carbocycles. The van der Waals surface area contributed by atoms with Gasteiger partial charge in [0.2, 0.25) is 0 Å². The van der Waals surface area contributed by atoms with Crippen molar-refractivity contribution >= 4 is 34.9 Å². The molecule has 0 aromatic heterocycles. The summed E-state index contributed by atoms with van der Waals surface area (Å²) in [5, 5.41) is 15.7. The molecule has 112 valence electrons. The number of benzene rings is 2. The SMILES string of the molecule is O=C([O-])c1ccc(NC(=S)NC(=O)c2cccc(F)c2)cc1. The molecular weight excluding hydrogens is 307 g/mol. The van der Waals surface area contributed by atoms with E-state index in [9.17, 15) is 19.1 Å². The van der Waals surface area contributed by atoms with Gasteiger partial charge in [-0.15, -0.1) is 0 Å². The number of carboxylic acid groups (broad SMARTS) is 1. The number of thiocarbonyl (C=S) groups is 1. The number of rotatable bonds is 3. The van der Waals surface area contributed by atoms with Crippen molar-refractivity contribution in [2.45, 2.75) is 0 Å². The monoisotopic (exact) mass is 317 g/mol. The van der Waals surface area contributed by atoms with Gasteiger partial charge in [0, 0.05) is 11.3 Å². The summed E-state index contributed by atoms with van der Waals surface area (Å²) in [5.41, 5.74) is 0.659. The number of anilines is 1. The molecule has 0 aliphatic carbocycles. The fourth-order valence-electron chi connectivity index (χ4n) is 1.66. The molecule has 1 amide bonds. The van der Waals surface area contributed by atoms with Crippen LogP contribution in [0.5, 0.6) is 0 Å². The first-order valence-electron chi connectivity index (χ1n) is 6.15. The Morgan fingerprint density at radius 3 is 2.32 bits per heavy atom. The molecule has 0 bridgehead atoms. The van der Waals surface area contributed by atoms with Crippen LogP contribution in [0, 0.1) is 5.82 Å². The Morgan fingerprint density at radius 1 is 1.05 bits per heavy atom. The number of carbonyl (C=O) groups is 2. The van der Waals surface area contributed by atoms with Crippen LogP contribution < -0.4 is 15.7 Å². The summed E-state index contributed by atoms with van der Waals surface area (Å²) in [4.78, 5) is 22.5. The molecule has 2 aromatic rings. The van der Waals surface area contributed by atoms with Crippen molar-refractivity contribution in [3.63, 3.8) is 0 Å². The highest BCUT2D eigenvalue weighted by Crippen LogP contribution is 2.09. The summed E-state index contributed by atoms with van der Waals surface area (Å²) in [6, 6.07) is 10.8. The van der Waals surface area contributed by atoms with E-state index < -0.39 is 17.7 Å². The first-order chi connectivity index (χ1) is 10.5. The lowest BCUT2D eigenvalue weighted by molar-refractivity contribution is -0.255. The smallest absolute Gasteiger partial charge is 0.257 e. The molecule has 0 spiro atoms. The normalized spacial score (nSPS) is 9.86. The number of hydrogen-bond acceptors (Lipinski definition) is 4. The van der Waals surface area contributed by atoms with Gasteiger partial charge in [-0.05, 0) is 48.1 Å². The van der Waals surface area contributed by atoms with Crippen LogP contribution in [0.4, 0.5) is 10.1 Å². The Kier molecular flexibility index (Phi) is 4.80. The van der Waals surface area contributed by atoms with Crippen LogP contribution in [0.25, 0.3) is 0 Å². The van der Waals surface area contributed by atoms with Crippen LogP contribution in [-0.4, -0.2) is 17.0 Å². The summed E-state index contributed by atoms with van der Waals surface area (Å²) >= 11 is 4.96. The lowest BCUT2D eigenvalue weighted by Crippen LogP contribution is -2.34. The first kappa shape index (κ1) is 15.6. The van der Waals surface area contributed by atoms with E-state index >= 15 is 0 Å². The Hall–Kier alpha value is -2.80. The molecule has 0 saturated carbocycles. The molecule has 0 unspecified atom stereocenters. The molecule has 2 rings (SSSR count). The van der Waals surface area contributed by atoms with Gasteiger partial charge < -0.3 is 15.2 Å². The average molecular weight is 317 g/mol. The summed E-state index contributed by atoms with van der Waals surface area (Å²) < 4.78 is 13.0. The van der Waals surface area contributed by atoms with Crippen molar-refractivity contribution in [2.24, 2.45) is 0 Å². The van der Waals surface area contributed by atoms with E-state index in [1.54, 1.807) is 0 Å². The molecule has 7 heteroatoms. The first-order valence-corrected chi connectivity index (χ1v) is 6.56. The van der Waals surface area contributed by atoms with Gasteiger partial charge >= 0.3 is 0 Å². The van der Waals surface area contributed by atoms with Crippen molar-refractivity contribution in [3.05, 3.63) is 65.5 Å². The summed E-state index contributed by atoms with van der Waals surface area (Å²) in [6.45, 7) is 0. The van der Waals surface area contributed by atoms with Crippen LogP contribution in [-0.2, 0) is 0 Å². The van der Waals surface area contributed by atoms with Gasteiger partial charge in [-0.25, -0.2) is 4.39 Å². The predicted molar refractivity (Wildman–Crippen MR) is 80.9 cm³/mol. The molecule has 0 atom stereocenters. The van der Waals surface area contributed by atoms with Crippen molar-refractivity contribution < 1.29 is 19.1 Å². The molecule has 0 saturated heterocycles. The minimum absolute atomic E-state index is 0.00969. The topological polar surface area (TPSA) is 81.3 Å². The van der Waals surface area contributed by atoms with E-state index in [1.165, 1.54) is 42.5 Å². The van der Waals surface area contributed by atoms with E-state index in [0.29, 0.717) is 5.69 Å².